The molecule has 0 amide bonds. The maximum Gasteiger partial charge on any atom is 0.339 e. The van der Waals surface area contributed by atoms with E-state index >= 15 is 0 Å². The van der Waals surface area contributed by atoms with Crippen LogP contribution < -0.4 is 22.4 Å². The van der Waals surface area contributed by atoms with Gasteiger partial charge >= 0.3 is 11.1 Å². The average Bonchev–Trinajstić information content (AvgIpc) is 2.38. The monoisotopic (exact) mass is 285 g/mol. The summed E-state index contributed by atoms with van der Waals surface area (Å²) in [6.45, 7) is 0. The van der Waals surface area contributed by atoms with E-state index in [-0.39, 0.29) is 16.1 Å². The van der Waals surface area contributed by atoms with E-state index in [0.29, 0.717) is 0 Å². The van der Waals surface area contributed by atoms with Gasteiger partial charge in [0.15, 0.2) is 11.0 Å². The number of aryl methyl sites for hydroxylation is 1. The van der Waals surface area contributed by atoms with E-state index < -0.39 is 16.9 Å². The van der Waals surface area contributed by atoms with Crippen molar-refractivity contribution >= 4 is 17.7 Å². The van der Waals surface area contributed by atoms with Gasteiger partial charge in [-0.3, -0.25) is 24.8 Å². The summed E-state index contributed by atoms with van der Waals surface area (Å²) in [5.74, 6) is 4.42. The Kier molecular flexibility index (Phi) is 3.57. The molecule has 2 aromatic rings. The van der Waals surface area contributed by atoms with Crippen LogP contribution in [0.5, 0.6) is 0 Å². The Hall–Kier alpha value is -2.27. The van der Waals surface area contributed by atoms with Crippen LogP contribution in [-0.2, 0) is 7.05 Å². The minimum Gasteiger partial charge on any atom is -0.292 e. The fraction of sp³-hybridized carbons (Fsp3) is 0.125. The van der Waals surface area contributed by atoms with E-state index in [1.54, 1.807) is 0 Å². The molecule has 0 aliphatic heterocycles. The first-order valence-electron chi connectivity index (χ1n) is 4.85. The van der Waals surface area contributed by atoms with Gasteiger partial charge in [-0.2, -0.15) is 4.98 Å². The zero-order valence-corrected chi connectivity index (χ0v) is 10.4. The molecule has 0 aromatic carbocycles. The second-order valence-electron chi connectivity index (χ2n) is 3.29. The fourth-order valence-corrected chi connectivity index (χ4v) is 1.90. The number of anilines is 1. The molecule has 0 saturated heterocycles. The van der Waals surface area contributed by atoms with Gasteiger partial charge in [-0.15, -0.1) is 0 Å². The van der Waals surface area contributed by atoms with E-state index in [4.69, 9.17) is 5.84 Å². The summed E-state index contributed by atoms with van der Waals surface area (Å²) in [6.07, 6.45) is 0.925. The van der Waals surface area contributed by atoms with Gasteiger partial charge in [0, 0.05) is 7.05 Å². The van der Waals surface area contributed by atoms with E-state index in [2.05, 4.69) is 25.5 Å². The third-order valence-electron chi connectivity index (χ3n) is 1.98. The summed E-state index contributed by atoms with van der Waals surface area (Å²) in [7, 11) is 1.46. The van der Waals surface area contributed by atoms with Crippen molar-refractivity contribution < 1.29 is 4.39 Å². The van der Waals surface area contributed by atoms with Crippen LogP contribution in [-0.4, -0.2) is 24.7 Å². The topological polar surface area (TPSA) is 132 Å². The molecule has 0 atom stereocenters. The number of halogens is 1. The lowest BCUT2D eigenvalue weighted by atomic mass is 10.6. The van der Waals surface area contributed by atoms with E-state index in [0.717, 1.165) is 18.0 Å². The molecule has 4 N–H and O–H groups in total. The second-order valence-corrected chi connectivity index (χ2v) is 4.25. The second kappa shape index (κ2) is 5.16. The standard InChI is InChI=1S/C8H8FN7O2S/c1-16-8(12-4(17)5(18)15-16)19-6-3(9)2-11-7(13-6)14-10/h2H,10H2,1H3,(H,15,18)(H,11,13,14). The number of hydrogen-bond acceptors (Lipinski definition) is 8. The van der Waals surface area contributed by atoms with Gasteiger partial charge in [0.1, 0.15) is 5.03 Å². The van der Waals surface area contributed by atoms with E-state index in [1.807, 2.05) is 0 Å². The highest BCUT2D eigenvalue weighted by Crippen LogP contribution is 2.25. The first-order chi connectivity index (χ1) is 9.01. The molecule has 2 aromatic heterocycles. The van der Waals surface area contributed by atoms with E-state index in [9.17, 15) is 14.0 Å². The van der Waals surface area contributed by atoms with Crippen molar-refractivity contribution in [1.29, 1.82) is 0 Å². The lowest BCUT2D eigenvalue weighted by Gasteiger charge is -2.06. The number of hydrogen-bond donors (Lipinski definition) is 3. The lowest BCUT2D eigenvalue weighted by molar-refractivity contribution is 0.572. The molecule has 0 bridgehead atoms. The molecule has 11 heteroatoms. The largest absolute Gasteiger partial charge is 0.339 e. The van der Waals surface area contributed by atoms with Crippen LogP contribution in [0.25, 0.3) is 0 Å². The van der Waals surface area contributed by atoms with Crippen molar-refractivity contribution in [3.05, 3.63) is 32.7 Å². The Morgan fingerprint density at radius 1 is 1.47 bits per heavy atom. The molecule has 0 fully saturated rings. The number of aromatic amines is 1. The number of aromatic nitrogens is 5. The molecule has 0 unspecified atom stereocenters. The van der Waals surface area contributed by atoms with Crippen LogP contribution in [0, 0.1) is 5.82 Å². The lowest BCUT2D eigenvalue weighted by Crippen LogP contribution is -2.33. The molecule has 0 spiro atoms. The zero-order valence-electron chi connectivity index (χ0n) is 9.55. The Morgan fingerprint density at radius 2 is 2.21 bits per heavy atom. The highest BCUT2D eigenvalue weighted by atomic mass is 32.2. The first-order valence-corrected chi connectivity index (χ1v) is 5.67. The van der Waals surface area contributed by atoms with Gasteiger partial charge in [0.25, 0.3) is 0 Å². The predicted octanol–water partition coefficient (Wildman–Crippen LogP) is -1.17. The minimum atomic E-state index is -0.966. The van der Waals surface area contributed by atoms with Crippen LogP contribution in [0.2, 0.25) is 0 Å². The molecular weight excluding hydrogens is 277 g/mol. The summed E-state index contributed by atoms with van der Waals surface area (Å²) in [5, 5.41) is 2.22. The van der Waals surface area contributed by atoms with Gasteiger partial charge in [-0.05, 0) is 11.8 Å². The van der Waals surface area contributed by atoms with Crippen molar-refractivity contribution in [1.82, 2.24) is 24.7 Å². The molecule has 0 radical (unpaired) electrons. The first kappa shape index (κ1) is 13.2. The maximum absolute atomic E-state index is 13.5. The number of H-pyrrole nitrogens is 1. The number of rotatable bonds is 3. The van der Waals surface area contributed by atoms with Crippen molar-refractivity contribution in [2.24, 2.45) is 12.9 Å². The van der Waals surface area contributed by atoms with Crippen LogP contribution >= 0.6 is 11.8 Å². The number of nitrogen functional groups attached to an aromatic ring is 1. The summed E-state index contributed by atoms with van der Waals surface area (Å²) in [4.78, 5) is 33.0. The van der Waals surface area contributed by atoms with Crippen molar-refractivity contribution in [2.75, 3.05) is 5.43 Å². The SMILES string of the molecule is Cn1[nH]c(=O)c(=O)nc1Sc1nc(NN)ncc1F. The highest BCUT2D eigenvalue weighted by molar-refractivity contribution is 7.99. The number of hydrazine groups is 1. The Morgan fingerprint density at radius 3 is 2.89 bits per heavy atom. The zero-order chi connectivity index (χ0) is 14.0. The summed E-state index contributed by atoms with van der Waals surface area (Å²) < 4.78 is 14.7. The van der Waals surface area contributed by atoms with Crippen molar-refractivity contribution in [3.63, 3.8) is 0 Å². The van der Waals surface area contributed by atoms with Gasteiger partial charge in [-0.25, -0.2) is 20.2 Å². The molecule has 2 heterocycles. The van der Waals surface area contributed by atoms with Gasteiger partial charge in [0.2, 0.25) is 5.95 Å². The van der Waals surface area contributed by atoms with Crippen LogP contribution in [0.3, 0.4) is 0 Å². The molecule has 19 heavy (non-hydrogen) atoms. The Bertz CT molecular complexity index is 728. The molecular formula is C8H8FN7O2S. The minimum absolute atomic E-state index is 0.0123. The normalized spacial score (nSPS) is 10.5. The smallest absolute Gasteiger partial charge is 0.292 e. The Labute approximate surface area is 109 Å². The number of nitrogens with two attached hydrogens (primary N) is 1. The molecule has 0 aliphatic rings. The van der Waals surface area contributed by atoms with Crippen molar-refractivity contribution in [2.45, 2.75) is 10.2 Å². The van der Waals surface area contributed by atoms with Gasteiger partial charge < -0.3 is 0 Å². The summed E-state index contributed by atoms with van der Waals surface area (Å²) in [6, 6.07) is 0. The number of nitrogens with one attached hydrogen (secondary N) is 2. The molecule has 100 valence electrons. The quantitative estimate of drug-likeness (QED) is 0.278. The van der Waals surface area contributed by atoms with Crippen LogP contribution in [0.4, 0.5) is 10.3 Å². The highest BCUT2D eigenvalue weighted by Gasteiger charge is 2.12. The van der Waals surface area contributed by atoms with Gasteiger partial charge in [0.05, 0.1) is 6.20 Å². The molecule has 2 rings (SSSR count). The van der Waals surface area contributed by atoms with Crippen molar-refractivity contribution in [3.8, 4) is 0 Å². The third kappa shape index (κ3) is 2.77. The number of nitrogens with zero attached hydrogens (tertiary/aromatic N) is 4. The predicted molar refractivity (Wildman–Crippen MR) is 64.0 cm³/mol. The summed E-state index contributed by atoms with van der Waals surface area (Å²) in [5.41, 5.74) is 0.339. The van der Waals surface area contributed by atoms with Crippen LogP contribution in [0.15, 0.2) is 26.0 Å². The molecule has 9 nitrogen and oxygen atoms in total. The summed E-state index contributed by atoms with van der Waals surface area (Å²) >= 11 is 0.753. The Balaban J connectivity index is 2.44. The maximum atomic E-state index is 13.5. The fourth-order valence-electron chi connectivity index (χ4n) is 1.13. The average molecular weight is 285 g/mol. The van der Waals surface area contributed by atoms with Gasteiger partial charge in [-0.1, -0.05) is 0 Å². The molecule has 0 aliphatic carbocycles. The third-order valence-corrected chi connectivity index (χ3v) is 3.00. The molecule has 0 saturated carbocycles. The van der Waals surface area contributed by atoms with Crippen LogP contribution in [0.1, 0.15) is 0 Å². The van der Waals surface area contributed by atoms with E-state index in [1.165, 1.54) is 11.7 Å².